The summed E-state index contributed by atoms with van der Waals surface area (Å²) in [5.41, 5.74) is -1.54. The highest BCUT2D eigenvalue weighted by atomic mass is 19.4. The fraction of sp³-hybridized carbons (Fsp3) is 0.417. The second-order valence-electron chi connectivity index (χ2n) is 8.00. The van der Waals surface area contributed by atoms with Gasteiger partial charge in [0.1, 0.15) is 5.54 Å². The second kappa shape index (κ2) is 12.2. The summed E-state index contributed by atoms with van der Waals surface area (Å²) in [7, 11) is 0. The zero-order valence-electron chi connectivity index (χ0n) is 18.8. The lowest BCUT2D eigenvalue weighted by atomic mass is 9.79. The van der Waals surface area contributed by atoms with E-state index in [0.717, 1.165) is 12.1 Å². The third-order valence-electron chi connectivity index (χ3n) is 4.95. The number of carbonyl (C=O) groups excluding carboxylic acids is 3. The average Bonchev–Trinajstić information content (AvgIpc) is 2.73. The smallest absolute Gasteiger partial charge is 0.416 e. The summed E-state index contributed by atoms with van der Waals surface area (Å²) in [6.07, 6.45) is -5.78. The van der Waals surface area contributed by atoms with E-state index in [2.05, 4.69) is 5.32 Å². The van der Waals surface area contributed by atoms with Crippen molar-refractivity contribution in [2.45, 2.75) is 58.0 Å². The minimum atomic E-state index is -4.51. The first-order valence-electron chi connectivity index (χ1n) is 10.3. The molecule has 0 aliphatic heterocycles. The Morgan fingerprint density at radius 1 is 1.03 bits per heavy atom. The van der Waals surface area contributed by atoms with Gasteiger partial charge in [0.05, 0.1) is 17.8 Å². The maximum atomic E-state index is 13.2. The zero-order chi connectivity index (χ0) is 25.2. The molecule has 2 atom stereocenters. The van der Waals surface area contributed by atoms with Gasteiger partial charge in [0.2, 0.25) is 0 Å². The molecule has 0 radical (unpaired) electrons. The van der Waals surface area contributed by atoms with Crippen LogP contribution in [-0.4, -0.2) is 28.9 Å². The molecule has 0 fully saturated rings. The lowest BCUT2D eigenvalue weighted by Crippen LogP contribution is -2.53. The van der Waals surface area contributed by atoms with Crippen LogP contribution >= 0.6 is 0 Å². The van der Waals surface area contributed by atoms with Crippen LogP contribution in [0.1, 0.15) is 51.3 Å². The van der Waals surface area contributed by atoms with Crippen molar-refractivity contribution >= 4 is 17.8 Å². The van der Waals surface area contributed by atoms with Crippen LogP contribution in [-0.2, 0) is 25.3 Å². The van der Waals surface area contributed by atoms with Gasteiger partial charge >= 0.3 is 18.3 Å². The van der Waals surface area contributed by atoms with Crippen LogP contribution in [0.15, 0.2) is 54.6 Å². The summed E-state index contributed by atoms with van der Waals surface area (Å²) >= 11 is 0. The van der Waals surface area contributed by atoms with Gasteiger partial charge < -0.3 is 15.2 Å². The van der Waals surface area contributed by atoms with Crippen LogP contribution in [0.25, 0.3) is 0 Å². The summed E-state index contributed by atoms with van der Waals surface area (Å²) in [5, 5.41) is 13.8. The molecule has 2 rings (SSSR count). The van der Waals surface area contributed by atoms with Crippen molar-refractivity contribution in [3.63, 3.8) is 0 Å². The largest absolute Gasteiger partial charge is 0.461 e. The highest BCUT2D eigenvalue weighted by Crippen LogP contribution is 2.36. The van der Waals surface area contributed by atoms with E-state index in [4.69, 9.17) is 14.3 Å². The predicted molar refractivity (Wildman–Crippen MR) is 115 cm³/mol. The molecule has 0 saturated heterocycles. The van der Waals surface area contributed by atoms with E-state index >= 15 is 0 Å². The minimum Gasteiger partial charge on any atom is -0.461 e. The molecule has 33 heavy (non-hydrogen) atoms. The van der Waals surface area contributed by atoms with Gasteiger partial charge in [0.25, 0.3) is 0 Å². The number of benzene rings is 2. The van der Waals surface area contributed by atoms with Gasteiger partial charge in [-0.3, -0.25) is 0 Å². The lowest BCUT2D eigenvalue weighted by Gasteiger charge is -2.39. The second-order valence-corrected chi connectivity index (χ2v) is 8.00. The summed E-state index contributed by atoms with van der Waals surface area (Å²) in [6.45, 7) is 6.92. The van der Waals surface area contributed by atoms with E-state index in [0.29, 0.717) is 5.56 Å². The molecule has 6 nitrogen and oxygen atoms in total. The topological polar surface area (TPSA) is 92.7 Å². The SMILES string of the molecule is CC(C)OC(=O)C(C[C@@H](O)c1ccccc1)(Nc1cccc(C(F)(F)F)c1)C(C)C.O=C=O. The van der Waals surface area contributed by atoms with Gasteiger partial charge in [0, 0.05) is 12.1 Å². The number of halogens is 3. The van der Waals surface area contributed by atoms with Crippen LogP contribution in [0.4, 0.5) is 18.9 Å². The Morgan fingerprint density at radius 2 is 1.61 bits per heavy atom. The van der Waals surface area contributed by atoms with Crippen molar-refractivity contribution in [2.75, 3.05) is 5.32 Å². The van der Waals surface area contributed by atoms with Gasteiger partial charge in [-0.25, -0.2) is 4.79 Å². The maximum absolute atomic E-state index is 13.2. The van der Waals surface area contributed by atoms with Crippen LogP contribution in [0.3, 0.4) is 0 Å². The van der Waals surface area contributed by atoms with Gasteiger partial charge in [-0.15, -0.1) is 0 Å². The molecule has 0 heterocycles. The van der Waals surface area contributed by atoms with Crippen molar-refractivity contribution in [2.24, 2.45) is 5.92 Å². The van der Waals surface area contributed by atoms with Gasteiger partial charge in [-0.2, -0.15) is 22.8 Å². The molecule has 180 valence electrons. The van der Waals surface area contributed by atoms with E-state index in [1.54, 1.807) is 58.0 Å². The molecule has 0 spiro atoms. The third-order valence-corrected chi connectivity index (χ3v) is 4.95. The standard InChI is InChI=1S/C23H28F3NO3.CO2/c1-15(2)22(21(29)30-16(3)4,14-20(28)17-9-6-5-7-10-17)27-19-12-8-11-18(13-19)23(24,25)26;2-1-3/h5-13,15-16,20,27-28H,14H2,1-4H3;/t20-,22?;/m1./s1. The molecule has 0 aromatic heterocycles. The predicted octanol–water partition coefficient (Wildman–Crippen LogP) is 5.00. The number of rotatable bonds is 8. The number of alkyl halides is 3. The Hall–Kier alpha value is -3.16. The van der Waals surface area contributed by atoms with E-state index in [-0.39, 0.29) is 18.3 Å². The summed E-state index contributed by atoms with van der Waals surface area (Å²) in [5.74, 6) is -1.02. The first-order valence-corrected chi connectivity index (χ1v) is 10.3. The fourth-order valence-electron chi connectivity index (χ4n) is 3.25. The van der Waals surface area contributed by atoms with Gasteiger partial charge in [-0.1, -0.05) is 50.2 Å². The normalized spacial score (nSPS) is 13.9. The molecule has 9 heteroatoms. The molecule has 0 aliphatic rings. The number of hydrogen-bond acceptors (Lipinski definition) is 6. The zero-order valence-corrected chi connectivity index (χ0v) is 18.8. The highest BCUT2D eigenvalue weighted by molar-refractivity contribution is 5.85. The van der Waals surface area contributed by atoms with E-state index in [9.17, 15) is 23.1 Å². The quantitative estimate of drug-likeness (QED) is 0.531. The highest BCUT2D eigenvalue weighted by Gasteiger charge is 2.45. The van der Waals surface area contributed by atoms with Crippen LogP contribution < -0.4 is 5.32 Å². The number of anilines is 1. The molecular weight excluding hydrogens is 439 g/mol. The van der Waals surface area contributed by atoms with E-state index in [1.807, 2.05) is 0 Å². The Labute approximate surface area is 190 Å². The number of ether oxygens (including phenoxy) is 1. The van der Waals surface area contributed by atoms with Crippen molar-refractivity contribution < 1.29 is 37.4 Å². The molecule has 2 N–H and O–H groups in total. The Kier molecular flexibility index (Phi) is 10.3. The van der Waals surface area contributed by atoms with E-state index in [1.165, 1.54) is 12.1 Å². The average molecular weight is 467 g/mol. The molecule has 2 aromatic rings. The Balaban J connectivity index is 0.00000172. The summed E-state index contributed by atoms with van der Waals surface area (Å²) in [6, 6.07) is 13.5. The molecule has 0 aliphatic carbocycles. The Bertz CT molecular complexity index is 925. The number of carbonyl (C=O) groups is 1. The summed E-state index contributed by atoms with van der Waals surface area (Å²) < 4.78 is 44.9. The fourth-order valence-corrected chi connectivity index (χ4v) is 3.25. The third kappa shape index (κ3) is 8.04. The van der Waals surface area contributed by atoms with Crippen molar-refractivity contribution in [1.29, 1.82) is 0 Å². The maximum Gasteiger partial charge on any atom is 0.416 e. The van der Waals surface area contributed by atoms with Crippen molar-refractivity contribution in [3.8, 4) is 0 Å². The number of nitrogens with one attached hydrogen (secondary N) is 1. The molecule has 0 bridgehead atoms. The number of esters is 1. The van der Waals surface area contributed by atoms with Crippen LogP contribution in [0, 0.1) is 5.92 Å². The minimum absolute atomic E-state index is 0.0729. The number of aliphatic hydroxyl groups excluding tert-OH is 1. The van der Waals surface area contributed by atoms with Crippen molar-refractivity contribution in [1.82, 2.24) is 0 Å². The number of hydrogen-bond donors (Lipinski definition) is 2. The summed E-state index contributed by atoms with van der Waals surface area (Å²) in [4.78, 5) is 29.4. The number of aliphatic hydroxyl groups is 1. The first-order chi connectivity index (χ1) is 15.4. The van der Waals surface area contributed by atoms with Gasteiger partial charge in [0.15, 0.2) is 0 Å². The first kappa shape index (κ1) is 27.9. The molecular formula is C24H28F3NO5. The van der Waals surface area contributed by atoms with Crippen molar-refractivity contribution in [3.05, 3.63) is 65.7 Å². The van der Waals surface area contributed by atoms with Crippen LogP contribution in [0.5, 0.6) is 0 Å². The molecule has 2 aromatic carbocycles. The van der Waals surface area contributed by atoms with Gasteiger partial charge in [-0.05, 0) is 43.5 Å². The van der Waals surface area contributed by atoms with E-state index < -0.39 is 41.4 Å². The molecule has 0 amide bonds. The molecule has 0 saturated carbocycles. The monoisotopic (exact) mass is 467 g/mol. The molecule has 1 unspecified atom stereocenters. The van der Waals surface area contributed by atoms with Crippen LogP contribution in [0.2, 0.25) is 0 Å². The Morgan fingerprint density at radius 3 is 2.09 bits per heavy atom. The lowest BCUT2D eigenvalue weighted by molar-refractivity contribution is -0.191.